The molecule has 1 heterocycles. The summed E-state index contributed by atoms with van der Waals surface area (Å²) in [6.45, 7) is 1.01. The average Bonchev–Trinajstić information content (AvgIpc) is 2.67. The minimum absolute atomic E-state index is 0.0675. The van der Waals surface area contributed by atoms with Crippen LogP contribution in [0, 0.1) is 17.0 Å². The van der Waals surface area contributed by atoms with Crippen LogP contribution in [0.5, 0.6) is 0 Å². The molecule has 1 N–H and O–H groups in total. The van der Waals surface area contributed by atoms with E-state index in [0.717, 1.165) is 4.90 Å². The summed E-state index contributed by atoms with van der Waals surface area (Å²) in [6.07, 6.45) is 0. The highest BCUT2D eigenvalue weighted by atomic mass is 16.6. The number of nitrogens with one attached hydrogen (secondary N) is 1. The largest absolute Gasteiger partial charge is 0.327 e. The van der Waals surface area contributed by atoms with Crippen LogP contribution in [0.25, 0.3) is 0 Å². The van der Waals surface area contributed by atoms with E-state index < -0.39 is 29.3 Å². The maximum absolute atomic E-state index is 12.0. The van der Waals surface area contributed by atoms with Gasteiger partial charge in [0.05, 0.1) is 16.2 Å². The van der Waals surface area contributed by atoms with E-state index in [1.165, 1.54) is 37.1 Å². The van der Waals surface area contributed by atoms with Gasteiger partial charge in [-0.2, -0.15) is 0 Å². The fourth-order valence-electron chi connectivity index (χ4n) is 2.11. The first-order chi connectivity index (χ1) is 10.3. The number of anilines is 1. The van der Waals surface area contributed by atoms with Crippen LogP contribution < -0.4 is 5.32 Å². The van der Waals surface area contributed by atoms with Gasteiger partial charge in [0.25, 0.3) is 11.6 Å². The summed E-state index contributed by atoms with van der Waals surface area (Å²) in [7, 11) is 1.46. The second-order valence-corrected chi connectivity index (χ2v) is 4.87. The van der Waals surface area contributed by atoms with Gasteiger partial charge in [-0.05, 0) is 13.0 Å². The molecular weight excluding hydrogens is 292 g/mol. The van der Waals surface area contributed by atoms with Crippen molar-refractivity contribution in [3.05, 3.63) is 33.9 Å². The summed E-state index contributed by atoms with van der Waals surface area (Å²) < 4.78 is 0. The summed E-state index contributed by atoms with van der Waals surface area (Å²) in [5.41, 5.74) is 0.453. The second kappa shape index (κ2) is 5.80. The molecule has 1 saturated heterocycles. The Morgan fingerprint density at radius 2 is 2.09 bits per heavy atom. The summed E-state index contributed by atoms with van der Waals surface area (Å²) in [5, 5.41) is 13.3. The minimum Gasteiger partial charge on any atom is -0.324 e. The number of imide groups is 1. The number of hydrogen-bond donors (Lipinski definition) is 1. The van der Waals surface area contributed by atoms with Gasteiger partial charge in [0.1, 0.15) is 13.1 Å². The number of benzene rings is 1. The van der Waals surface area contributed by atoms with E-state index in [2.05, 4.69) is 5.32 Å². The number of carbonyl (C=O) groups is 3. The molecule has 0 spiro atoms. The SMILES string of the molecule is Cc1c(NC(=O)CN2C(=O)CN(C)C2=O)cccc1[N+](=O)[O-]. The number of nitro benzene ring substituents is 1. The fourth-order valence-corrected chi connectivity index (χ4v) is 2.11. The third-order valence-electron chi connectivity index (χ3n) is 3.31. The number of nitrogens with zero attached hydrogens (tertiary/aromatic N) is 3. The molecule has 0 atom stereocenters. The molecule has 0 unspecified atom stereocenters. The summed E-state index contributed by atoms with van der Waals surface area (Å²) >= 11 is 0. The molecule has 22 heavy (non-hydrogen) atoms. The standard InChI is InChI=1S/C13H14N4O5/c1-8-9(4-3-5-10(8)17(21)22)14-11(18)6-16-12(19)7-15(2)13(16)20/h3-5H,6-7H2,1-2H3,(H,14,18). The van der Waals surface area contributed by atoms with Crippen LogP contribution in [-0.2, 0) is 9.59 Å². The van der Waals surface area contributed by atoms with Gasteiger partial charge in [-0.15, -0.1) is 0 Å². The Balaban J connectivity index is 2.10. The monoisotopic (exact) mass is 306 g/mol. The molecular formula is C13H14N4O5. The van der Waals surface area contributed by atoms with E-state index >= 15 is 0 Å². The number of rotatable bonds is 4. The Labute approximate surface area is 125 Å². The topological polar surface area (TPSA) is 113 Å². The van der Waals surface area contributed by atoms with Crippen LogP contribution in [0.15, 0.2) is 18.2 Å². The average molecular weight is 306 g/mol. The number of likely N-dealkylation sites (N-methyl/N-ethyl adjacent to an activating group) is 1. The van der Waals surface area contributed by atoms with Crippen molar-refractivity contribution in [2.75, 3.05) is 25.5 Å². The first-order valence-corrected chi connectivity index (χ1v) is 6.40. The fraction of sp³-hybridized carbons (Fsp3) is 0.308. The normalized spacial score (nSPS) is 14.5. The van der Waals surface area contributed by atoms with Gasteiger partial charge >= 0.3 is 6.03 Å². The predicted octanol–water partition coefficient (Wildman–Crippen LogP) is 0.736. The van der Waals surface area contributed by atoms with Crippen molar-refractivity contribution in [3.63, 3.8) is 0 Å². The molecule has 9 heteroatoms. The van der Waals surface area contributed by atoms with Crippen molar-refractivity contribution < 1.29 is 19.3 Å². The maximum atomic E-state index is 12.0. The smallest absolute Gasteiger partial charge is 0.324 e. The first-order valence-electron chi connectivity index (χ1n) is 6.40. The van der Waals surface area contributed by atoms with Gasteiger partial charge in [0.15, 0.2) is 0 Å². The molecule has 0 radical (unpaired) electrons. The minimum atomic E-state index is -0.597. The van der Waals surface area contributed by atoms with Gasteiger partial charge < -0.3 is 10.2 Å². The lowest BCUT2D eigenvalue weighted by Crippen LogP contribution is -2.38. The van der Waals surface area contributed by atoms with Crippen LogP contribution in [0.4, 0.5) is 16.2 Å². The molecule has 9 nitrogen and oxygen atoms in total. The molecule has 0 bridgehead atoms. The Morgan fingerprint density at radius 3 is 2.64 bits per heavy atom. The molecule has 1 fully saturated rings. The molecule has 1 aliphatic heterocycles. The zero-order chi connectivity index (χ0) is 16.4. The van der Waals surface area contributed by atoms with Crippen molar-refractivity contribution in [1.29, 1.82) is 0 Å². The van der Waals surface area contributed by atoms with Gasteiger partial charge in [-0.25, -0.2) is 4.79 Å². The van der Waals surface area contributed by atoms with E-state index in [1.54, 1.807) is 0 Å². The molecule has 0 aromatic heterocycles. The molecule has 1 aromatic carbocycles. The Morgan fingerprint density at radius 1 is 1.41 bits per heavy atom. The molecule has 1 aliphatic rings. The zero-order valence-corrected chi connectivity index (χ0v) is 12.0. The Hall–Kier alpha value is -2.97. The van der Waals surface area contributed by atoms with Crippen LogP contribution in [0.2, 0.25) is 0 Å². The van der Waals surface area contributed by atoms with Crippen LogP contribution in [-0.4, -0.2) is 52.7 Å². The predicted molar refractivity (Wildman–Crippen MR) is 76.2 cm³/mol. The number of carbonyl (C=O) groups excluding carboxylic acids is 3. The molecule has 2 rings (SSSR count). The molecule has 0 aliphatic carbocycles. The Bertz CT molecular complexity index is 672. The highest BCUT2D eigenvalue weighted by Gasteiger charge is 2.34. The van der Waals surface area contributed by atoms with Crippen LogP contribution in [0.3, 0.4) is 0 Å². The lowest BCUT2D eigenvalue weighted by atomic mass is 10.1. The Kier molecular flexibility index (Phi) is 4.06. The van der Waals surface area contributed by atoms with Crippen LogP contribution >= 0.6 is 0 Å². The molecule has 4 amide bonds. The number of hydrogen-bond acceptors (Lipinski definition) is 5. The second-order valence-electron chi connectivity index (χ2n) is 4.87. The van der Waals surface area contributed by atoms with Crippen molar-refractivity contribution >= 4 is 29.2 Å². The molecule has 0 saturated carbocycles. The van der Waals surface area contributed by atoms with E-state index in [1.807, 2.05) is 0 Å². The van der Waals surface area contributed by atoms with Gasteiger partial charge in [-0.3, -0.25) is 24.6 Å². The third-order valence-corrected chi connectivity index (χ3v) is 3.31. The number of nitro groups is 1. The highest BCUT2D eigenvalue weighted by molar-refractivity contribution is 6.06. The van der Waals surface area contributed by atoms with E-state index in [0.29, 0.717) is 5.56 Å². The number of amides is 4. The van der Waals surface area contributed by atoms with Crippen molar-refractivity contribution in [2.45, 2.75) is 6.92 Å². The van der Waals surface area contributed by atoms with Crippen LogP contribution in [0.1, 0.15) is 5.56 Å². The maximum Gasteiger partial charge on any atom is 0.327 e. The summed E-state index contributed by atoms with van der Waals surface area (Å²) in [6, 6.07) is 3.74. The lowest BCUT2D eigenvalue weighted by molar-refractivity contribution is -0.385. The lowest BCUT2D eigenvalue weighted by Gasteiger charge is -2.14. The first kappa shape index (κ1) is 15.4. The van der Waals surface area contributed by atoms with Crippen molar-refractivity contribution in [2.24, 2.45) is 0 Å². The highest BCUT2D eigenvalue weighted by Crippen LogP contribution is 2.25. The molecule has 1 aromatic rings. The third kappa shape index (κ3) is 2.87. The summed E-state index contributed by atoms with van der Waals surface area (Å²) in [4.78, 5) is 47.6. The zero-order valence-electron chi connectivity index (χ0n) is 12.0. The number of urea groups is 1. The summed E-state index contributed by atoms with van der Waals surface area (Å²) in [5.74, 6) is -1.06. The van der Waals surface area contributed by atoms with Crippen molar-refractivity contribution in [3.8, 4) is 0 Å². The van der Waals surface area contributed by atoms with E-state index in [-0.39, 0.29) is 17.9 Å². The van der Waals surface area contributed by atoms with E-state index in [4.69, 9.17) is 0 Å². The van der Waals surface area contributed by atoms with Crippen molar-refractivity contribution in [1.82, 2.24) is 9.80 Å². The van der Waals surface area contributed by atoms with Gasteiger partial charge in [-0.1, -0.05) is 6.07 Å². The quantitative estimate of drug-likeness (QED) is 0.500. The van der Waals surface area contributed by atoms with E-state index in [9.17, 15) is 24.5 Å². The molecule has 116 valence electrons. The van der Waals surface area contributed by atoms with Gasteiger partial charge in [0, 0.05) is 13.1 Å². The van der Waals surface area contributed by atoms with Gasteiger partial charge in [0.2, 0.25) is 5.91 Å².